The minimum atomic E-state index is -1.16. The number of carbonyl (C=O) groups is 3. The monoisotopic (exact) mass is 467 g/mol. The van der Waals surface area contributed by atoms with Crippen LogP contribution in [0.1, 0.15) is 67.2 Å². The highest BCUT2D eigenvalue weighted by Gasteiger charge is 2.40. The normalized spacial score (nSPS) is 27.3. The van der Waals surface area contributed by atoms with Gasteiger partial charge in [-0.1, -0.05) is 27.7 Å². The van der Waals surface area contributed by atoms with Crippen LogP contribution in [0.2, 0.25) is 0 Å². The Labute approximate surface area is 202 Å². The molecule has 0 bridgehead atoms. The molecular formula is C26H49N3O4. The van der Waals surface area contributed by atoms with E-state index < -0.39 is 11.4 Å². The summed E-state index contributed by atoms with van der Waals surface area (Å²) >= 11 is 0. The molecule has 33 heavy (non-hydrogen) atoms. The van der Waals surface area contributed by atoms with Crippen molar-refractivity contribution in [2.24, 2.45) is 23.2 Å². The van der Waals surface area contributed by atoms with Gasteiger partial charge in [0.15, 0.2) is 5.78 Å². The summed E-state index contributed by atoms with van der Waals surface area (Å²) < 4.78 is 5.50. The second-order valence-corrected chi connectivity index (χ2v) is 10.9. The van der Waals surface area contributed by atoms with E-state index in [4.69, 9.17) is 4.74 Å². The molecule has 7 nitrogen and oxygen atoms in total. The maximum atomic E-state index is 13.0. The van der Waals surface area contributed by atoms with E-state index in [2.05, 4.69) is 32.7 Å². The first-order valence-corrected chi connectivity index (χ1v) is 12.7. The van der Waals surface area contributed by atoms with E-state index in [9.17, 15) is 14.4 Å². The zero-order valence-corrected chi connectivity index (χ0v) is 22.5. The Hall–Kier alpha value is -1.47. The van der Waals surface area contributed by atoms with Crippen LogP contribution in [0.4, 0.5) is 0 Å². The molecule has 192 valence electrons. The SMILES string of the molecule is CCCN(C)CC(=O)N1CCCOC(=O)C(C)(C)C(=O)[C@H](C)C[C@H](C)C[C@@H](C)CN(C)CC1. The maximum absolute atomic E-state index is 13.0. The number of cyclic esters (lactones) is 1. The van der Waals surface area contributed by atoms with Crippen molar-refractivity contribution in [1.82, 2.24) is 14.7 Å². The van der Waals surface area contributed by atoms with Gasteiger partial charge in [-0.05, 0) is 72.0 Å². The molecule has 0 spiro atoms. The van der Waals surface area contributed by atoms with Crippen molar-refractivity contribution < 1.29 is 19.1 Å². The second kappa shape index (κ2) is 14.1. The van der Waals surface area contributed by atoms with E-state index in [1.54, 1.807) is 13.8 Å². The van der Waals surface area contributed by atoms with Crippen LogP contribution in [0.5, 0.6) is 0 Å². The van der Waals surface area contributed by atoms with Gasteiger partial charge in [-0.15, -0.1) is 0 Å². The van der Waals surface area contributed by atoms with Gasteiger partial charge in [0.2, 0.25) is 5.91 Å². The fraction of sp³-hybridized carbons (Fsp3) is 0.885. The predicted octanol–water partition coefficient (Wildman–Crippen LogP) is 3.32. The summed E-state index contributed by atoms with van der Waals surface area (Å²) in [6.45, 7) is 16.3. The minimum Gasteiger partial charge on any atom is -0.465 e. The van der Waals surface area contributed by atoms with Crippen LogP contribution in [-0.2, 0) is 19.1 Å². The van der Waals surface area contributed by atoms with E-state index in [1.807, 2.05) is 23.8 Å². The topological polar surface area (TPSA) is 70.2 Å². The Bertz CT molecular complexity index is 637. The number of ketones is 1. The Morgan fingerprint density at radius 2 is 1.76 bits per heavy atom. The van der Waals surface area contributed by atoms with Gasteiger partial charge < -0.3 is 14.5 Å². The van der Waals surface area contributed by atoms with Crippen molar-refractivity contribution in [3.63, 3.8) is 0 Å². The largest absolute Gasteiger partial charge is 0.465 e. The molecule has 1 saturated heterocycles. The summed E-state index contributed by atoms with van der Waals surface area (Å²) in [5.74, 6) is 0.281. The smallest absolute Gasteiger partial charge is 0.319 e. The lowest BCUT2D eigenvalue weighted by atomic mass is 9.78. The third kappa shape index (κ3) is 10.1. The van der Waals surface area contributed by atoms with Crippen molar-refractivity contribution in [3.05, 3.63) is 0 Å². The van der Waals surface area contributed by atoms with Crippen LogP contribution in [0.3, 0.4) is 0 Å². The van der Waals surface area contributed by atoms with E-state index in [-0.39, 0.29) is 24.2 Å². The Balaban J connectivity index is 2.95. The third-order valence-electron chi connectivity index (χ3n) is 6.68. The van der Waals surface area contributed by atoms with Crippen LogP contribution in [0, 0.1) is 23.2 Å². The molecule has 1 aliphatic heterocycles. The summed E-state index contributed by atoms with van der Waals surface area (Å²) in [6, 6.07) is 0. The van der Waals surface area contributed by atoms with E-state index in [0.717, 1.165) is 38.9 Å². The van der Waals surface area contributed by atoms with Crippen LogP contribution >= 0.6 is 0 Å². The number of rotatable bonds is 4. The molecule has 0 unspecified atom stereocenters. The highest BCUT2D eigenvalue weighted by atomic mass is 16.5. The molecule has 0 aromatic heterocycles. The number of likely N-dealkylation sites (N-methyl/N-ethyl adjacent to an activating group) is 2. The Kier molecular flexibility index (Phi) is 12.6. The number of hydrogen-bond donors (Lipinski definition) is 0. The number of esters is 1. The van der Waals surface area contributed by atoms with Crippen molar-refractivity contribution in [2.75, 3.05) is 60.0 Å². The average molecular weight is 468 g/mol. The number of Topliss-reactive ketones (excluding diaryl/α,β-unsaturated/α-hetero) is 1. The number of amides is 1. The van der Waals surface area contributed by atoms with E-state index in [1.165, 1.54) is 0 Å². The summed E-state index contributed by atoms with van der Waals surface area (Å²) in [5.41, 5.74) is -1.16. The first-order chi connectivity index (χ1) is 15.4. The van der Waals surface area contributed by atoms with Gasteiger partial charge in [0.05, 0.1) is 13.2 Å². The lowest BCUT2D eigenvalue weighted by Gasteiger charge is -2.29. The standard InChI is InChI=1S/C26H49N3O4/c1-9-11-27(7)19-23(30)29-12-10-15-33-25(32)26(5,6)24(31)22(4)17-20(2)16-21(3)18-28(8)13-14-29/h20-22H,9-19H2,1-8H3/t20-,21-,22-/m1/s1. The van der Waals surface area contributed by atoms with Crippen LogP contribution in [-0.4, -0.2) is 92.3 Å². The molecule has 1 fully saturated rings. The highest BCUT2D eigenvalue weighted by molar-refractivity contribution is 6.03. The molecule has 3 atom stereocenters. The lowest BCUT2D eigenvalue weighted by Crippen LogP contribution is -2.44. The highest BCUT2D eigenvalue weighted by Crippen LogP contribution is 2.29. The van der Waals surface area contributed by atoms with Crippen molar-refractivity contribution in [3.8, 4) is 0 Å². The van der Waals surface area contributed by atoms with Gasteiger partial charge in [-0.3, -0.25) is 19.3 Å². The summed E-state index contributed by atoms with van der Waals surface area (Å²) in [7, 11) is 4.08. The lowest BCUT2D eigenvalue weighted by molar-refractivity contribution is -0.159. The first kappa shape index (κ1) is 29.6. The Morgan fingerprint density at radius 1 is 1.09 bits per heavy atom. The zero-order chi connectivity index (χ0) is 25.2. The van der Waals surface area contributed by atoms with Crippen molar-refractivity contribution >= 4 is 17.7 Å². The second-order valence-electron chi connectivity index (χ2n) is 10.9. The van der Waals surface area contributed by atoms with Crippen LogP contribution in [0.25, 0.3) is 0 Å². The van der Waals surface area contributed by atoms with Crippen LogP contribution < -0.4 is 0 Å². The molecule has 0 aliphatic carbocycles. The summed E-state index contributed by atoms with van der Waals surface area (Å²) in [4.78, 5) is 44.9. The van der Waals surface area contributed by atoms with E-state index >= 15 is 0 Å². The molecular weight excluding hydrogens is 418 g/mol. The van der Waals surface area contributed by atoms with Gasteiger partial charge in [0.25, 0.3) is 0 Å². The van der Waals surface area contributed by atoms with E-state index in [0.29, 0.717) is 37.9 Å². The van der Waals surface area contributed by atoms with Crippen LogP contribution in [0.15, 0.2) is 0 Å². The quantitative estimate of drug-likeness (QED) is 0.467. The number of hydrogen-bond acceptors (Lipinski definition) is 6. The zero-order valence-electron chi connectivity index (χ0n) is 22.5. The molecule has 0 N–H and O–H groups in total. The van der Waals surface area contributed by atoms with Gasteiger partial charge in [0.1, 0.15) is 5.41 Å². The summed E-state index contributed by atoms with van der Waals surface area (Å²) in [6.07, 6.45) is 3.37. The predicted molar refractivity (Wildman–Crippen MR) is 133 cm³/mol. The summed E-state index contributed by atoms with van der Waals surface area (Å²) in [5, 5.41) is 0. The minimum absolute atomic E-state index is 0.0517. The third-order valence-corrected chi connectivity index (χ3v) is 6.68. The molecule has 0 radical (unpaired) electrons. The number of carbonyl (C=O) groups excluding carboxylic acids is 3. The van der Waals surface area contributed by atoms with Gasteiger partial charge >= 0.3 is 5.97 Å². The molecule has 1 aliphatic rings. The van der Waals surface area contributed by atoms with Gasteiger partial charge in [0, 0.05) is 32.1 Å². The fourth-order valence-electron chi connectivity index (χ4n) is 4.95. The molecule has 1 heterocycles. The molecule has 0 aromatic rings. The molecule has 0 aromatic carbocycles. The maximum Gasteiger partial charge on any atom is 0.319 e. The fourth-order valence-corrected chi connectivity index (χ4v) is 4.95. The molecule has 0 saturated carbocycles. The Morgan fingerprint density at radius 3 is 2.39 bits per heavy atom. The van der Waals surface area contributed by atoms with Crippen molar-refractivity contribution in [1.29, 1.82) is 0 Å². The molecule has 1 amide bonds. The average Bonchev–Trinajstić information content (AvgIpc) is 2.71. The molecule has 7 heteroatoms. The molecule has 1 rings (SSSR count). The van der Waals surface area contributed by atoms with Crippen molar-refractivity contribution in [2.45, 2.75) is 67.2 Å². The van der Waals surface area contributed by atoms with Gasteiger partial charge in [-0.2, -0.15) is 0 Å². The first-order valence-electron chi connectivity index (χ1n) is 12.7. The number of nitrogens with zero attached hydrogens (tertiary/aromatic N) is 3. The van der Waals surface area contributed by atoms with Gasteiger partial charge in [-0.25, -0.2) is 0 Å². The number of ether oxygens (including phenoxy) is 1.